The van der Waals surface area contributed by atoms with Crippen LogP contribution in [0.15, 0.2) is 41.5 Å². The molecule has 1 N–H and O–H groups in total. The van der Waals surface area contributed by atoms with E-state index in [0.717, 1.165) is 27.9 Å². The van der Waals surface area contributed by atoms with Gasteiger partial charge >= 0.3 is 0 Å². The monoisotopic (exact) mass is 486 g/mol. The number of anilines is 1. The molecule has 3 amide bonds. The Bertz CT molecular complexity index is 1200. The zero-order valence-electron chi connectivity index (χ0n) is 18.6. The van der Waals surface area contributed by atoms with Crippen LogP contribution < -0.4 is 15.0 Å². The van der Waals surface area contributed by atoms with Crippen molar-refractivity contribution in [1.82, 2.24) is 10.3 Å². The number of para-hydroxylation sites is 1. The number of nitrogens with zero attached hydrogens (tertiary/aromatic N) is 3. The van der Waals surface area contributed by atoms with Crippen LogP contribution in [-0.4, -0.2) is 41.0 Å². The summed E-state index contributed by atoms with van der Waals surface area (Å²) in [5, 5.41) is 8.74. The maximum absolute atomic E-state index is 13.9. The van der Waals surface area contributed by atoms with Crippen molar-refractivity contribution >= 4 is 51.9 Å². The van der Waals surface area contributed by atoms with Crippen LogP contribution in [-0.2, 0) is 19.3 Å². The summed E-state index contributed by atoms with van der Waals surface area (Å²) in [6, 6.07) is 11.0. The van der Waals surface area contributed by atoms with Crippen molar-refractivity contribution in [2.75, 3.05) is 18.1 Å². The molecule has 2 aromatic carbocycles. The number of hydrogen-bond donors (Lipinski definition) is 1. The normalized spacial score (nSPS) is 19.1. The zero-order chi connectivity index (χ0) is 23.9. The van der Waals surface area contributed by atoms with E-state index >= 15 is 0 Å². The van der Waals surface area contributed by atoms with Crippen LogP contribution in [0.1, 0.15) is 30.5 Å². The van der Waals surface area contributed by atoms with Crippen LogP contribution in [0.25, 0.3) is 0 Å². The molecule has 0 fully saturated rings. The summed E-state index contributed by atoms with van der Waals surface area (Å²) in [5.41, 5.74) is 3.22. The molecule has 0 radical (unpaired) electrons. The zero-order valence-corrected chi connectivity index (χ0v) is 20.2. The van der Waals surface area contributed by atoms with E-state index < -0.39 is 10.8 Å². The summed E-state index contributed by atoms with van der Waals surface area (Å²) in [6.07, 6.45) is 0. The van der Waals surface area contributed by atoms with Crippen LogP contribution in [0, 0.1) is 13.8 Å². The van der Waals surface area contributed by atoms with Gasteiger partial charge in [0.05, 0.1) is 17.3 Å². The number of amides is 3. The van der Waals surface area contributed by atoms with Crippen LogP contribution >= 0.6 is 23.4 Å². The van der Waals surface area contributed by atoms with Crippen molar-refractivity contribution in [3.05, 3.63) is 58.1 Å². The average Bonchev–Trinajstić information content (AvgIpc) is 3.21. The lowest BCUT2D eigenvalue weighted by molar-refractivity contribution is -0.139. The van der Waals surface area contributed by atoms with Gasteiger partial charge < -0.3 is 15.0 Å². The van der Waals surface area contributed by atoms with Gasteiger partial charge in [-0.25, -0.2) is 0 Å². The number of carbonyl (C=O) groups excluding carboxylic acids is 3. The van der Waals surface area contributed by atoms with Gasteiger partial charge in [-0.3, -0.25) is 14.4 Å². The first kappa shape index (κ1) is 23.1. The summed E-state index contributed by atoms with van der Waals surface area (Å²) in [6.45, 7) is 6.99. The minimum Gasteiger partial charge on any atom is -0.490 e. The molecule has 2 heterocycles. The predicted octanol–water partition coefficient (Wildman–Crippen LogP) is 3.54. The largest absolute Gasteiger partial charge is 0.490 e. The first-order valence-electron chi connectivity index (χ1n) is 10.3. The van der Waals surface area contributed by atoms with Gasteiger partial charge in [-0.2, -0.15) is 5.01 Å². The average molecular weight is 487 g/mol. The lowest BCUT2D eigenvalue weighted by Gasteiger charge is -2.29. The molecule has 2 aliphatic rings. The fourth-order valence-electron chi connectivity index (χ4n) is 4.16. The molecule has 1 atom stereocenters. The molecule has 2 aromatic rings. The highest BCUT2D eigenvalue weighted by atomic mass is 35.5. The molecule has 4 rings (SSSR count). The van der Waals surface area contributed by atoms with Crippen molar-refractivity contribution < 1.29 is 19.1 Å². The minimum absolute atomic E-state index is 0.197. The van der Waals surface area contributed by atoms with E-state index in [0.29, 0.717) is 22.0 Å². The van der Waals surface area contributed by atoms with Crippen LogP contribution in [0.3, 0.4) is 0 Å². The molecule has 0 aromatic heterocycles. The second-order valence-electron chi connectivity index (χ2n) is 7.88. The standard InChI is InChI=1S/C23H23ClN4O4S/c1-13-11-14(2)20-17(12-13)23(28(16(4)30)26-22(33-23)25-15(3)29)21(31)27(20)9-10-32-19-8-6-5-7-18(19)24/h5-8,11-12H,9-10H2,1-4H3,(H,25,26,29). The van der Waals surface area contributed by atoms with Crippen LogP contribution in [0.5, 0.6) is 5.75 Å². The Morgan fingerprint density at radius 1 is 1.21 bits per heavy atom. The Labute approximate surface area is 200 Å². The number of hydrazone groups is 1. The van der Waals surface area contributed by atoms with E-state index in [4.69, 9.17) is 16.3 Å². The highest BCUT2D eigenvalue weighted by molar-refractivity contribution is 8.15. The molecule has 172 valence electrons. The highest BCUT2D eigenvalue weighted by Crippen LogP contribution is 2.55. The smallest absolute Gasteiger partial charge is 0.270 e. The van der Waals surface area contributed by atoms with Crippen molar-refractivity contribution in [3.8, 4) is 5.75 Å². The Morgan fingerprint density at radius 2 is 1.94 bits per heavy atom. The number of amidine groups is 1. The molecule has 1 unspecified atom stereocenters. The molecule has 0 saturated carbocycles. The topological polar surface area (TPSA) is 91.3 Å². The second-order valence-corrected chi connectivity index (χ2v) is 9.47. The van der Waals surface area contributed by atoms with E-state index in [2.05, 4.69) is 10.4 Å². The third-order valence-corrected chi connectivity index (χ3v) is 6.89. The molecular weight excluding hydrogens is 464 g/mol. The summed E-state index contributed by atoms with van der Waals surface area (Å²) in [5.74, 6) is -0.537. The highest BCUT2D eigenvalue weighted by Gasteiger charge is 2.61. The Morgan fingerprint density at radius 3 is 2.61 bits per heavy atom. The minimum atomic E-state index is -1.43. The third-order valence-electron chi connectivity index (χ3n) is 5.34. The molecule has 1 spiro atoms. The first-order valence-corrected chi connectivity index (χ1v) is 11.5. The number of carbonyl (C=O) groups is 3. The van der Waals surface area contributed by atoms with Crippen molar-refractivity contribution in [1.29, 1.82) is 0 Å². The Kier molecular flexibility index (Phi) is 6.11. The number of benzene rings is 2. The number of fused-ring (bicyclic) bond motifs is 2. The number of rotatable bonds is 4. The van der Waals surface area contributed by atoms with Crippen LogP contribution in [0.4, 0.5) is 5.69 Å². The first-order chi connectivity index (χ1) is 15.6. The lowest BCUT2D eigenvalue weighted by atomic mass is 10.0. The van der Waals surface area contributed by atoms with Gasteiger partial charge in [-0.05, 0) is 43.3 Å². The fourth-order valence-corrected chi connectivity index (χ4v) is 5.67. The maximum atomic E-state index is 13.9. The van der Waals surface area contributed by atoms with Gasteiger partial charge in [0.2, 0.25) is 16.7 Å². The SMILES string of the molecule is CC(=O)NC1=NN(C(C)=O)C2(S1)C(=O)N(CCOc1ccccc1Cl)c1c(C)cc(C)cc12. The van der Waals surface area contributed by atoms with Gasteiger partial charge in [0.15, 0.2) is 5.17 Å². The van der Waals surface area contributed by atoms with Gasteiger partial charge in [0.1, 0.15) is 12.4 Å². The summed E-state index contributed by atoms with van der Waals surface area (Å²) >= 11 is 7.24. The molecule has 10 heteroatoms. The van der Waals surface area contributed by atoms with Crippen molar-refractivity contribution in [2.45, 2.75) is 32.6 Å². The maximum Gasteiger partial charge on any atom is 0.270 e. The predicted molar refractivity (Wildman–Crippen MR) is 128 cm³/mol. The lowest BCUT2D eigenvalue weighted by Crippen LogP contribution is -2.49. The number of nitrogens with one attached hydrogen (secondary N) is 1. The van der Waals surface area contributed by atoms with E-state index in [9.17, 15) is 14.4 Å². The molecule has 33 heavy (non-hydrogen) atoms. The van der Waals surface area contributed by atoms with Crippen molar-refractivity contribution in [2.24, 2.45) is 5.10 Å². The summed E-state index contributed by atoms with van der Waals surface area (Å²) in [4.78, 5) is 38.4. The molecule has 0 bridgehead atoms. The van der Waals surface area contributed by atoms with E-state index in [1.807, 2.05) is 38.1 Å². The van der Waals surface area contributed by atoms with Crippen molar-refractivity contribution in [3.63, 3.8) is 0 Å². The van der Waals surface area contributed by atoms with Gasteiger partial charge in [-0.1, -0.05) is 41.4 Å². The molecule has 0 saturated heterocycles. The Hall–Kier alpha value is -3.04. The van der Waals surface area contributed by atoms with E-state index in [1.165, 1.54) is 13.8 Å². The third kappa shape index (κ3) is 3.95. The van der Waals surface area contributed by atoms with Gasteiger partial charge in [0.25, 0.3) is 5.91 Å². The number of aryl methyl sites for hydroxylation is 2. The van der Waals surface area contributed by atoms with E-state index in [1.54, 1.807) is 17.0 Å². The molecule has 2 aliphatic heterocycles. The second kappa shape index (κ2) is 8.72. The van der Waals surface area contributed by atoms with Gasteiger partial charge in [-0.15, -0.1) is 5.10 Å². The Balaban J connectivity index is 1.72. The van der Waals surface area contributed by atoms with E-state index in [-0.39, 0.29) is 30.1 Å². The van der Waals surface area contributed by atoms with Crippen LogP contribution in [0.2, 0.25) is 5.02 Å². The molecular formula is C23H23ClN4O4S. The molecule has 0 aliphatic carbocycles. The number of halogens is 1. The fraction of sp³-hybridized carbons (Fsp3) is 0.304. The number of hydrogen-bond acceptors (Lipinski definition) is 6. The molecule has 8 nitrogen and oxygen atoms in total. The number of ether oxygens (including phenoxy) is 1. The quantitative estimate of drug-likeness (QED) is 0.713. The van der Waals surface area contributed by atoms with Gasteiger partial charge in [0, 0.05) is 19.4 Å². The summed E-state index contributed by atoms with van der Waals surface area (Å²) < 4.78 is 5.83. The summed E-state index contributed by atoms with van der Waals surface area (Å²) in [7, 11) is 0. The number of thioether (sulfide) groups is 1.